The van der Waals surface area contributed by atoms with Gasteiger partial charge in [0.25, 0.3) is 0 Å². The minimum absolute atomic E-state index is 0.161. The highest BCUT2D eigenvalue weighted by Gasteiger charge is 2.35. The first kappa shape index (κ1) is 12.8. The summed E-state index contributed by atoms with van der Waals surface area (Å²) in [4.78, 5) is 5.15. The van der Waals surface area contributed by atoms with Gasteiger partial charge in [-0.1, -0.05) is 30.7 Å². The molecule has 0 spiro atoms. The largest absolute Gasteiger partial charge is 0.323 e. The van der Waals surface area contributed by atoms with Crippen LogP contribution >= 0.6 is 0 Å². The van der Waals surface area contributed by atoms with Gasteiger partial charge in [-0.05, 0) is 29.9 Å². The second kappa shape index (κ2) is 5.14. The predicted molar refractivity (Wildman–Crippen MR) is 81.8 cm³/mol. The van der Waals surface area contributed by atoms with Gasteiger partial charge in [0.15, 0.2) is 0 Å². The molecule has 5 rings (SSSR count). The molecular weight excluding hydrogens is 246 g/mol. The fourth-order valence-electron chi connectivity index (χ4n) is 3.95. The summed E-state index contributed by atoms with van der Waals surface area (Å²) in [5.41, 5.74) is 9.39. The summed E-state index contributed by atoms with van der Waals surface area (Å²) >= 11 is 0. The van der Waals surface area contributed by atoms with E-state index in [1.807, 2.05) is 0 Å². The van der Waals surface area contributed by atoms with Gasteiger partial charge in [-0.25, -0.2) is 0 Å². The van der Waals surface area contributed by atoms with Crippen LogP contribution in [0, 0.1) is 0 Å². The zero-order valence-electron chi connectivity index (χ0n) is 12.2. The summed E-state index contributed by atoms with van der Waals surface area (Å²) in [5.74, 6) is 0.820. The predicted octanol–water partition coefficient (Wildman–Crippen LogP) is 1.95. The van der Waals surface area contributed by atoms with Crippen molar-refractivity contribution in [2.24, 2.45) is 5.73 Å². The van der Waals surface area contributed by atoms with E-state index in [9.17, 15) is 0 Å². The summed E-state index contributed by atoms with van der Waals surface area (Å²) in [6.45, 7) is 5.98. The highest BCUT2D eigenvalue weighted by atomic mass is 15.3. The lowest BCUT2D eigenvalue weighted by Gasteiger charge is -2.49. The molecule has 20 heavy (non-hydrogen) atoms. The number of hydrogen-bond donors (Lipinski definition) is 1. The van der Waals surface area contributed by atoms with E-state index in [1.54, 1.807) is 0 Å². The Kier molecular flexibility index (Phi) is 3.29. The first-order valence-electron chi connectivity index (χ1n) is 8.13. The lowest BCUT2D eigenvalue weighted by atomic mass is 9.79. The molecule has 2 N–H and O–H groups in total. The Morgan fingerprint density at radius 3 is 2.20 bits per heavy atom. The minimum Gasteiger partial charge on any atom is -0.323 e. The van der Waals surface area contributed by atoms with Gasteiger partial charge in [-0.3, -0.25) is 9.80 Å². The molecule has 4 fully saturated rings. The molecule has 0 radical (unpaired) electrons. The van der Waals surface area contributed by atoms with Crippen LogP contribution in [0.2, 0.25) is 0 Å². The highest BCUT2D eigenvalue weighted by Crippen LogP contribution is 2.36. The van der Waals surface area contributed by atoms with Crippen LogP contribution in [0.3, 0.4) is 0 Å². The molecule has 2 atom stereocenters. The number of piperazine rings is 3. The van der Waals surface area contributed by atoms with E-state index in [-0.39, 0.29) is 6.04 Å². The third-order valence-electron chi connectivity index (χ3n) is 5.63. The molecular formula is C17H25N3. The number of benzene rings is 1. The van der Waals surface area contributed by atoms with Gasteiger partial charge < -0.3 is 5.73 Å². The molecule has 0 aromatic heterocycles. The molecule has 3 heteroatoms. The maximum Gasteiger partial charge on any atom is 0.0465 e. The molecule has 3 heterocycles. The second-order valence-electron chi connectivity index (χ2n) is 6.72. The molecule has 1 aromatic carbocycles. The Morgan fingerprint density at radius 2 is 1.70 bits per heavy atom. The van der Waals surface area contributed by atoms with Gasteiger partial charge in [0.2, 0.25) is 0 Å². The van der Waals surface area contributed by atoms with Gasteiger partial charge in [0.1, 0.15) is 0 Å². The quantitative estimate of drug-likeness (QED) is 0.912. The zero-order valence-corrected chi connectivity index (χ0v) is 12.2. The van der Waals surface area contributed by atoms with Crippen LogP contribution in [-0.4, -0.2) is 48.6 Å². The molecule has 4 aliphatic rings. The fraction of sp³-hybridized carbons (Fsp3) is 0.647. The van der Waals surface area contributed by atoms with Crippen LogP contribution in [0.15, 0.2) is 24.3 Å². The fourth-order valence-corrected chi connectivity index (χ4v) is 3.95. The molecule has 3 saturated heterocycles. The number of rotatable bonds is 3. The Hall–Kier alpha value is -0.900. The molecule has 2 bridgehead atoms. The number of hydrogen-bond acceptors (Lipinski definition) is 3. The minimum atomic E-state index is 0.161. The SMILES string of the molecule is NC(c1ccc(C2CCC2)cc1)C1CN2CCN1CC2. The Labute approximate surface area is 121 Å². The first-order chi connectivity index (χ1) is 9.81. The molecule has 0 amide bonds. The van der Waals surface area contributed by atoms with Gasteiger partial charge in [-0.15, -0.1) is 0 Å². The van der Waals surface area contributed by atoms with E-state index in [0.717, 1.165) is 12.5 Å². The monoisotopic (exact) mass is 271 g/mol. The van der Waals surface area contributed by atoms with Crippen LogP contribution in [-0.2, 0) is 0 Å². The second-order valence-corrected chi connectivity index (χ2v) is 6.72. The maximum absolute atomic E-state index is 6.56. The molecule has 1 aromatic rings. The van der Waals surface area contributed by atoms with E-state index in [4.69, 9.17) is 5.73 Å². The summed E-state index contributed by atoms with van der Waals surface area (Å²) in [5, 5.41) is 0. The molecule has 1 saturated carbocycles. The topological polar surface area (TPSA) is 32.5 Å². The van der Waals surface area contributed by atoms with E-state index in [2.05, 4.69) is 34.1 Å². The first-order valence-corrected chi connectivity index (χ1v) is 8.13. The molecule has 2 unspecified atom stereocenters. The van der Waals surface area contributed by atoms with Crippen LogP contribution < -0.4 is 5.73 Å². The van der Waals surface area contributed by atoms with Crippen molar-refractivity contribution in [1.82, 2.24) is 9.80 Å². The van der Waals surface area contributed by atoms with Crippen LogP contribution in [0.5, 0.6) is 0 Å². The van der Waals surface area contributed by atoms with Crippen molar-refractivity contribution in [2.75, 3.05) is 32.7 Å². The number of nitrogens with two attached hydrogens (primary N) is 1. The average molecular weight is 271 g/mol. The average Bonchev–Trinajstić information content (AvgIpc) is 2.47. The number of nitrogens with zero attached hydrogens (tertiary/aromatic N) is 2. The normalized spacial score (nSPS) is 34.8. The summed E-state index contributed by atoms with van der Waals surface area (Å²) in [6, 6.07) is 9.85. The third kappa shape index (κ3) is 2.18. The standard InChI is InChI=1S/C17H25N3/c18-17(16-12-19-8-10-20(16)11-9-19)15-6-4-14(5-7-15)13-2-1-3-13/h4-7,13,16-17H,1-3,8-12,18H2. The van der Waals surface area contributed by atoms with E-state index in [0.29, 0.717) is 6.04 Å². The smallest absolute Gasteiger partial charge is 0.0465 e. The Balaban J connectivity index is 1.48. The molecule has 3 nitrogen and oxygen atoms in total. The van der Waals surface area contributed by atoms with Crippen molar-refractivity contribution < 1.29 is 0 Å². The maximum atomic E-state index is 6.56. The van der Waals surface area contributed by atoms with E-state index in [1.165, 1.54) is 56.6 Å². The number of fused-ring (bicyclic) bond motifs is 3. The van der Waals surface area contributed by atoms with Crippen molar-refractivity contribution in [3.63, 3.8) is 0 Å². The van der Waals surface area contributed by atoms with E-state index >= 15 is 0 Å². The van der Waals surface area contributed by atoms with Crippen molar-refractivity contribution >= 4 is 0 Å². The van der Waals surface area contributed by atoms with Gasteiger partial charge in [0.05, 0.1) is 0 Å². The van der Waals surface area contributed by atoms with Crippen molar-refractivity contribution in [3.8, 4) is 0 Å². The summed E-state index contributed by atoms with van der Waals surface area (Å²) in [6.07, 6.45) is 4.15. The summed E-state index contributed by atoms with van der Waals surface area (Å²) < 4.78 is 0. The van der Waals surface area contributed by atoms with Gasteiger partial charge in [0, 0.05) is 44.8 Å². The van der Waals surface area contributed by atoms with Gasteiger partial charge in [-0.2, -0.15) is 0 Å². The lowest BCUT2D eigenvalue weighted by molar-refractivity contribution is 0.00214. The molecule has 108 valence electrons. The van der Waals surface area contributed by atoms with Crippen molar-refractivity contribution in [1.29, 1.82) is 0 Å². The van der Waals surface area contributed by atoms with Crippen molar-refractivity contribution in [2.45, 2.75) is 37.3 Å². The van der Waals surface area contributed by atoms with E-state index < -0.39 is 0 Å². The Bertz CT molecular complexity index is 458. The van der Waals surface area contributed by atoms with Crippen LogP contribution in [0.4, 0.5) is 0 Å². The van der Waals surface area contributed by atoms with Crippen LogP contribution in [0.1, 0.15) is 42.3 Å². The summed E-state index contributed by atoms with van der Waals surface area (Å²) in [7, 11) is 0. The lowest BCUT2D eigenvalue weighted by Crippen LogP contribution is -2.63. The molecule has 3 aliphatic heterocycles. The zero-order chi connectivity index (χ0) is 13.5. The highest BCUT2D eigenvalue weighted by molar-refractivity contribution is 5.29. The van der Waals surface area contributed by atoms with Crippen molar-refractivity contribution in [3.05, 3.63) is 35.4 Å². The van der Waals surface area contributed by atoms with Gasteiger partial charge >= 0.3 is 0 Å². The third-order valence-corrected chi connectivity index (χ3v) is 5.63. The molecule has 1 aliphatic carbocycles. The Morgan fingerprint density at radius 1 is 1.00 bits per heavy atom. The van der Waals surface area contributed by atoms with Crippen LogP contribution in [0.25, 0.3) is 0 Å².